The molecular weight excluding hydrogens is 440 g/mol. The second-order valence-corrected chi connectivity index (χ2v) is 9.83. The first-order chi connectivity index (χ1) is 17.2. The molecule has 2 N–H and O–H groups in total. The van der Waals surface area contributed by atoms with Gasteiger partial charge in [0.2, 0.25) is 6.29 Å². The van der Waals surface area contributed by atoms with E-state index in [2.05, 4.69) is 46.4 Å². The molecule has 0 saturated carbocycles. The minimum absolute atomic E-state index is 0.0629. The number of benzene rings is 2. The molecule has 2 fully saturated rings. The third-order valence-electron chi connectivity index (χ3n) is 6.70. The maximum absolute atomic E-state index is 6.19. The number of nitrogens with zero attached hydrogens (tertiary/aromatic N) is 2. The first-order valence-electron chi connectivity index (χ1n) is 12.6. The molecule has 0 amide bonds. The molecule has 0 unspecified atom stereocenters. The summed E-state index contributed by atoms with van der Waals surface area (Å²) in [4.78, 5) is 10.9. The Balaban J connectivity index is 1.18. The molecule has 1 aromatic heterocycles. The van der Waals surface area contributed by atoms with Crippen molar-refractivity contribution in [1.82, 2.24) is 20.2 Å². The molecule has 2 aliphatic rings. The van der Waals surface area contributed by atoms with E-state index in [9.17, 15) is 0 Å². The van der Waals surface area contributed by atoms with Gasteiger partial charge >= 0.3 is 0 Å². The van der Waals surface area contributed by atoms with Gasteiger partial charge in [0.05, 0.1) is 37.8 Å². The predicted octanol–water partition coefficient (Wildman–Crippen LogP) is 4.11. The van der Waals surface area contributed by atoms with Crippen molar-refractivity contribution in [2.45, 2.75) is 19.6 Å². The van der Waals surface area contributed by atoms with E-state index >= 15 is 0 Å². The average molecular weight is 477 g/mol. The molecule has 0 bridgehead atoms. The van der Waals surface area contributed by atoms with Crippen molar-refractivity contribution in [3.05, 3.63) is 66.5 Å². The Morgan fingerprint density at radius 2 is 1.63 bits per heavy atom. The van der Waals surface area contributed by atoms with Gasteiger partial charge in [-0.3, -0.25) is 4.90 Å². The van der Waals surface area contributed by atoms with Crippen LogP contribution in [-0.4, -0.2) is 74.0 Å². The van der Waals surface area contributed by atoms with Crippen molar-refractivity contribution in [3.63, 3.8) is 0 Å². The zero-order chi connectivity index (χ0) is 23.9. The number of aromatic nitrogens is 2. The van der Waals surface area contributed by atoms with Crippen LogP contribution in [0.1, 0.15) is 25.5 Å². The summed E-state index contributed by atoms with van der Waals surface area (Å²) in [5.41, 5.74) is 3.98. The number of nitrogens with one attached hydrogen (secondary N) is 2. The second kappa shape index (κ2) is 11.5. The Bertz CT molecular complexity index is 986. The molecule has 2 aromatic carbocycles. The first kappa shape index (κ1) is 24.2. The summed E-state index contributed by atoms with van der Waals surface area (Å²) in [5, 5.41) is 3.60. The van der Waals surface area contributed by atoms with Crippen LogP contribution in [0.15, 0.2) is 60.7 Å². The van der Waals surface area contributed by atoms with E-state index in [1.807, 2.05) is 36.4 Å². The molecule has 2 saturated heterocycles. The van der Waals surface area contributed by atoms with E-state index in [4.69, 9.17) is 19.2 Å². The molecule has 5 rings (SSSR count). The summed E-state index contributed by atoms with van der Waals surface area (Å²) in [5.74, 6) is 0.711. The number of hydrogen-bond donors (Lipinski definition) is 2. The van der Waals surface area contributed by atoms with Gasteiger partial charge in [-0.15, -0.1) is 0 Å². The van der Waals surface area contributed by atoms with Crippen LogP contribution in [0.3, 0.4) is 0 Å². The normalized spacial score (nSPS) is 23.4. The van der Waals surface area contributed by atoms with Gasteiger partial charge in [0.1, 0.15) is 0 Å². The van der Waals surface area contributed by atoms with Crippen LogP contribution >= 0.6 is 0 Å². The molecule has 186 valence electrons. The first-order valence-corrected chi connectivity index (χ1v) is 12.6. The van der Waals surface area contributed by atoms with Crippen LogP contribution < -0.4 is 5.32 Å². The molecule has 0 radical (unpaired) electrons. The maximum atomic E-state index is 6.19. The third kappa shape index (κ3) is 6.18. The summed E-state index contributed by atoms with van der Waals surface area (Å²) in [6.45, 7) is 10.2. The highest BCUT2D eigenvalue weighted by Crippen LogP contribution is 2.35. The van der Waals surface area contributed by atoms with Gasteiger partial charge in [0, 0.05) is 36.2 Å². The van der Waals surface area contributed by atoms with Gasteiger partial charge in [0.15, 0.2) is 5.82 Å². The highest BCUT2D eigenvalue weighted by molar-refractivity contribution is 5.78. The fourth-order valence-corrected chi connectivity index (χ4v) is 4.67. The molecule has 0 aliphatic carbocycles. The van der Waals surface area contributed by atoms with E-state index in [-0.39, 0.29) is 5.41 Å². The summed E-state index contributed by atoms with van der Waals surface area (Å²) in [6.07, 6.45) is 0.640. The van der Waals surface area contributed by atoms with Crippen molar-refractivity contribution in [2.75, 3.05) is 59.2 Å². The lowest BCUT2D eigenvalue weighted by atomic mass is 9.92. The summed E-state index contributed by atoms with van der Waals surface area (Å²) in [7, 11) is 0. The zero-order valence-corrected chi connectivity index (χ0v) is 20.5. The number of ether oxygens (including phenoxy) is 3. The lowest BCUT2D eigenvalue weighted by molar-refractivity contribution is -0.232. The molecule has 3 heterocycles. The largest absolute Gasteiger partial charge is 0.379 e. The molecule has 0 spiro atoms. The Labute approximate surface area is 207 Å². The number of rotatable bonds is 9. The Kier molecular flexibility index (Phi) is 7.91. The van der Waals surface area contributed by atoms with Crippen molar-refractivity contribution in [1.29, 1.82) is 0 Å². The average Bonchev–Trinajstić information content (AvgIpc) is 3.36. The predicted molar refractivity (Wildman–Crippen MR) is 137 cm³/mol. The van der Waals surface area contributed by atoms with Crippen LogP contribution in [0.5, 0.6) is 0 Å². The van der Waals surface area contributed by atoms with Gasteiger partial charge in [-0.25, -0.2) is 4.98 Å². The van der Waals surface area contributed by atoms with Gasteiger partial charge in [-0.2, -0.15) is 0 Å². The highest BCUT2D eigenvalue weighted by Gasteiger charge is 2.35. The highest BCUT2D eigenvalue weighted by atomic mass is 16.7. The van der Waals surface area contributed by atoms with Crippen molar-refractivity contribution >= 4 is 0 Å². The molecule has 2 aliphatic heterocycles. The van der Waals surface area contributed by atoms with Gasteiger partial charge in [-0.1, -0.05) is 67.6 Å². The van der Waals surface area contributed by atoms with E-state index in [0.717, 1.165) is 74.9 Å². The quantitative estimate of drug-likeness (QED) is 0.453. The summed E-state index contributed by atoms with van der Waals surface area (Å²) < 4.78 is 17.8. The fraction of sp³-hybridized carbons (Fsp3) is 0.464. The second-order valence-electron chi connectivity index (χ2n) is 9.83. The minimum atomic E-state index is -0.496. The number of H-pyrrole nitrogens is 1. The van der Waals surface area contributed by atoms with Crippen LogP contribution in [-0.2, 0) is 14.2 Å². The maximum Gasteiger partial charge on any atom is 0.217 e. The van der Waals surface area contributed by atoms with Crippen molar-refractivity contribution in [2.24, 2.45) is 5.41 Å². The summed E-state index contributed by atoms with van der Waals surface area (Å²) in [6, 6.07) is 20.5. The number of morpholine rings is 1. The monoisotopic (exact) mass is 476 g/mol. The van der Waals surface area contributed by atoms with E-state index < -0.39 is 6.29 Å². The smallest absolute Gasteiger partial charge is 0.217 e. The van der Waals surface area contributed by atoms with E-state index in [1.54, 1.807) is 0 Å². The van der Waals surface area contributed by atoms with Crippen LogP contribution in [0.4, 0.5) is 0 Å². The Morgan fingerprint density at radius 1 is 0.971 bits per heavy atom. The van der Waals surface area contributed by atoms with Crippen LogP contribution in [0.2, 0.25) is 0 Å². The third-order valence-corrected chi connectivity index (χ3v) is 6.70. The summed E-state index contributed by atoms with van der Waals surface area (Å²) >= 11 is 0. The molecular formula is C28H36N4O3. The molecule has 3 aromatic rings. The number of imidazole rings is 1. The standard InChI is InChI=1S/C28H36N4O3/c1-28(19-29-13-8-14-32-15-17-33-18-16-32)20-34-27(35-21-28)26-30-24(22-9-4-2-5-10-22)25(31-26)23-11-6-3-7-12-23/h2-7,9-12,27,29H,8,13-21H2,1H3,(H,30,31)/t27-,28+. The van der Waals surface area contributed by atoms with Crippen molar-refractivity contribution < 1.29 is 14.2 Å². The van der Waals surface area contributed by atoms with E-state index in [0.29, 0.717) is 19.0 Å². The molecule has 7 heteroatoms. The molecule has 35 heavy (non-hydrogen) atoms. The molecule has 7 nitrogen and oxygen atoms in total. The van der Waals surface area contributed by atoms with Crippen molar-refractivity contribution in [3.8, 4) is 22.5 Å². The van der Waals surface area contributed by atoms with Crippen LogP contribution in [0, 0.1) is 5.41 Å². The van der Waals surface area contributed by atoms with Gasteiger partial charge in [0.25, 0.3) is 0 Å². The molecule has 0 atom stereocenters. The SMILES string of the molecule is C[C@]1(CNCCCN2CCOCC2)CO[C@@H](c2nc(-c3ccccc3)c(-c3ccccc3)[nH]2)OC1. The number of aromatic amines is 1. The van der Waals surface area contributed by atoms with E-state index in [1.165, 1.54) is 0 Å². The fourth-order valence-electron chi connectivity index (χ4n) is 4.67. The lowest BCUT2D eigenvalue weighted by Crippen LogP contribution is -2.44. The topological polar surface area (TPSA) is 71.6 Å². The lowest BCUT2D eigenvalue weighted by Gasteiger charge is -2.37. The number of hydrogen-bond acceptors (Lipinski definition) is 6. The minimum Gasteiger partial charge on any atom is -0.379 e. The zero-order valence-electron chi connectivity index (χ0n) is 20.5. The van der Waals surface area contributed by atoms with Gasteiger partial charge in [-0.05, 0) is 19.5 Å². The Morgan fingerprint density at radius 3 is 2.31 bits per heavy atom. The van der Waals surface area contributed by atoms with Gasteiger partial charge < -0.3 is 24.5 Å². The Hall–Kier alpha value is -2.55. The van der Waals surface area contributed by atoms with Crippen LogP contribution in [0.25, 0.3) is 22.5 Å².